The van der Waals surface area contributed by atoms with Crippen molar-refractivity contribution in [1.29, 1.82) is 0 Å². The molecule has 0 spiro atoms. The van der Waals surface area contributed by atoms with Gasteiger partial charge in [0.2, 0.25) is 10.0 Å². The molecule has 0 radical (unpaired) electrons. The first-order valence-corrected chi connectivity index (χ1v) is 6.87. The minimum absolute atomic E-state index is 0.115. The summed E-state index contributed by atoms with van der Waals surface area (Å²) in [5, 5.41) is 4.02. The van der Waals surface area contributed by atoms with Crippen molar-refractivity contribution < 1.29 is 8.42 Å². The third-order valence-electron chi connectivity index (χ3n) is 2.14. The van der Waals surface area contributed by atoms with Crippen molar-refractivity contribution >= 4 is 15.8 Å². The molecule has 0 aliphatic rings. The van der Waals surface area contributed by atoms with Gasteiger partial charge in [-0.05, 0) is 6.42 Å². The Hall–Kier alpha value is -1.08. The molecule has 0 bridgehead atoms. The van der Waals surface area contributed by atoms with E-state index >= 15 is 0 Å². The van der Waals surface area contributed by atoms with Crippen LogP contribution in [0.15, 0.2) is 6.20 Å². The van der Waals surface area contributed by atoms with Crippen LogP contribution in [0.2, 0.25) is 0 Å². The maximum Gasteiger partial charge on any atom is 0.233 e. The largest absolute Gasteiger partial charge is 0.326 e. The molecule has 0 atom stereocenters. The summed E-state index contributed by atoms with van der Waals surface area (Å²) in [5.74, 6) is 0.450. The number of nitrogens with one attached hydrogen (secondary N) is 1. The van der Waals surface area contributed by atoms with Gasteiger partial charge < -0.3 is 5.73 Å². The maximum atomic E-state index is 11.6. The molecule has 6 nitrogen and oxygen atoms in total. The van der Waals surface area contributed by atoms with Gasteiger partial charge in [0.15, 0.2) is 5.82 Å². The van der Waals surface area contributed by atoms with Crippen LogP contribution in [0.25, 0.3) is 0 Å². The molecule has 1 aromatic rings. The molecule has 3 N–H and O–H groups in total. The average Bonchev–Trinajstić information content (AvgIpc) is 2.55. The summed E-state index contributed by atoms with van der Waals surface area (Å²) in [6.45, 7) is 2.21. The first-order chi connectivity index (χ1) is 7.48. The number of hydrogen-bond donors (Lipinski definition) is 2. The summed E-state index contributed by atoms with van der Waals surface area (Å²) in [6, 6.07) is 0. The van der Waals surface area contributed by atoms with E-state index in [2.05, 4.69) is 9.82 Å². The van der Waals surface area contributed by atoms with Crippen LogP contribution >= 0.6 is 0 Å². The molecule has 16 heavy (non-hydrogen) atoms. The highest BCUT2D eigenvalue weighted by Gasteiger charge is 2.14. The molecule has 7 heteroatoms. The Morgan fingerprint density at radius 2 is 2.25 bits per heavy atom. The quantitative estimate of drug-likeness (QED) is 0.761. The van der Waals surface area contributed by atoms with Crippen LogP contribution in [0.3, 0.4) is 0 Å². The van der Waals surface area contributed by atoms with Crippen LogP contribution in [0.4, 0.5) is 5.82 Å². The normalized spacial score (nSPS) is 11.7. The predicted octanol–water partition coefficient (Wildman–Crippen LogP) is 0.421. The van der Waals surface area contributed by atoms with Crippen LogP contribution in [0, 0.1) is 0 Å². The molecule has 0 unspecified atom stereocenters. The number of hydrogen-bond acceptors (Lipinski definition) is 4. The first kappa shape index (κ1) is 13.0. The van der Waals surface area contributed by atoms with Crippen molar-refractivity contribution in [3.8, 4) is 0 Å². The second-order valence-electron chi connectivity index (χ2n) is 3.66. The number of aryl methyl sites for hydroxylation is 1. The Morgan fingerprint density at radius 1 is 1.56 bits per heavy atom. The van der Waals surface area contributed by atoms with Gasteiger partial charge in [-0.1, -0.05) is 13.3 Å². The van der Waals surface area contributed by atoms with E-state index < -0.39 is 10.0 Å². The van der Waals surface area contributed by atoms with Crippen molar-refractivity contribution in [2.75, 3.05) is 10.5 Å². The minimum atomic E-state index is -3.30. The van der Waals surface area contributed by atoms with E-state index in [0.717, 1.165) is 6.42 Å². The van der Waals surface area contributed by atoms with E-state index in [9.17, 15) is 8.42 Å². The van der Waals surface area contributed by atoms with Gasteiger partial charge in [-0.25, -0.2) is 8.42 Å². The zero-order valence-electron chi connectivity index (χ0n) is 9.60. The van der Waals surface area contributed by atoms with Crippen molar-refractivity contribution in [1.82, 2.24) is 9.78 Å². The molecule has 0 aliphatic heterocycles. The highest BCUT2D eigenvalue weighted by Crippen LogP contribution is 2.13. The summed E-state index contributed by atoms with van der Waals surface area (Å²) in [6.07, 6.45) is 3.19. The number of rotatable bonds is 6. The van der Waals surface area contributed by atoms with Gasteiger partial charge in [-0.3, -0.25) is 9.40 Å². The van der Waals surface area contributed by atoms with Crippen LogP contribution in [0.1, 0.15) is 25.3 Å². The van der Waals surface area contributed by atoms with Crippen molar-refractivity contribution in [3.63, 3.8) is 0 Å². The number of nitrogens with zero attached hydrogens (tertiary/aromatic N) is 2. The first-order valence-electron chi connectivity index (χ1n) is 5.21. The zero-order chi connectivity index (χ0) is 12.2. The van der Waals surface area contributed by atoms with Gasteiger partial charge in [0, 0.05) is 25.4 Å². The summed E-state index contributed by atoms with van der Waals surface area (Å²) in [7, 11) is -1.57. The molecular formula is C9H18N4O2S. The average molecular weight is 246 g/mol. The Balaban J connectivity index is 2.79. The predicted molar refractivity (Wildman–Crippen MR) is 63.4 cm³/mol. The second-order valence-corrected chi connectivity index (χ2v) is 5.50. The van der Waals surface area contributed by atoms with E-state index in [1.807, 2.05) is 6.92 Å². The third-order valence-corrected chi connectivity index (χ3v) is 3.47. The van der Waals surface area contributed by atoms with Gasteiger partial charge in [0.25, 0.3) is 0 Å². The lowest BCUT2D eigenvalue weighted by Crippen LogP contribution is -2.18. The second kappa shape index (κ2) is 5.31. The molecular weight excluding hydrogens is 228 g/mol. The molecule has 1 rings (SSSR count). The van der Waals surface area contributed by atoms with Crippen LogP contribution in [0.5, 0.6) is 0 Å². The van der Waals surface area contributed by atoms with Crippen LogP contribution in [-0.4, -0.2) is 24.0 Å². The van der Waals surface area contributed by atoms with Crippen molar-refractivity contribution in [2.45, 2.75) is 26.3 Å². The van der Waals surface area contributed by atoms with E-state index in [-0.39, 0.29) is 12.3 Å². The van der Waals surface area contributed by atoms with Gasteiger partial charge in [0.1, 0.15) is 0 Å². The molecule has 92 valence electrons. The standard InChI is InChI=1S/C9H18N4O2S/c1-3-4-5-16(14,15)12-9-8(6-10)7-13(2)11-9/h7H,3-6,10H2,1-2H3,(H,11,12). The Bertz CT molecular complexity index is 438. The lowest BCUT2D eigenvalue weighted by Gasteiger charge is -2.05. The SMILES string of the molecule is CCCCS(=O)(=O)Nc1nn(C)cc1CN. The summed E-state index contributed by atoms with van der Waals surface area (Å²) < 4.78 is 27.3. The molecule has 1 aromatic heterocycles. The highest BCUT2D eigenvalue weighted by atomic mass is 32.2. The monoisotopic (exact) mass is 246 g/mol. The number of unbranched alkanes of at least 4 members (excludes halogenated alkanes) is 1. The molecule has 0 saturated carbocycles. The fraction of sp³-hybridized carbons (Fsp3) is 0.667. The number of aromatic nitrogens is 2. The molecule has 0 aliphatic carbocycles. The Kier molecular flexibility index (Phi) is 4.31. The fourth-order valence-electron chi connectivity index (χ4n) is 1.31. The molecule has 0 saturated heterocycles. The van der Waals surface area contributed by atoms with Gasteiger partial charge >= 0.3 is 0 Å². The lowest BCUT2D eigenvalue weighted by atomic mass is 10.3. The number of sulfonamides is 1. The van der Waals surface area contributed by atoms with Crippen molar-refractivity contribution in [2.24, 2.45) is 12.8 Å². The smallest absolute Gasteiger partial charge is 0.233 e. The molecule has 0 amide bonds. The van der Waals surface area contributed by atoms with E-state index in [0.29, 0.717) is 17.8 Å². The number of nitrogens with two attached hydrogens (primary N) is 1. The zero-order valence-corrected chi connectivity index (χ0v) is 10.4. The van der Waals surface area contributed by atoms with Gasteiger partial charge in [-0.15, -0.1) is 0 Å². The minimum Gasteiger partial charge on any atom is -0.326 e. The summed E-state index contributed by atoms with van der Waals surface area (Å²) >= 11 is 0. The maximum absolute atomic E-state index is 11.6. The van der Waals surface area contributed by atoms with Gasteiger partial charge in [-0.2, -0.15) is 5.10 Å². The molecule has 1 heterocycles. The van der Waals surface area contributed by atoms with Crippen LogP contribution < -0.4 is 10.5 Å². The van der Waals surface area contributed by atoms with Gasteiger partial charge in [0.05, 0.1) is 5.75 Å². The Labute approximate surface area is 95.9 Å². The summed E-state index contributed by atoms with van der Waals surface area (Å²) in [4.78, 5) is 0. The summed E-state index contributed by atoms with van der Waals surface area (Å²) in [5.41, 5.74) is 6.19. The van der Waals surface area contributed by atoms with Crippen molar-refractivity contribution in [3.05, 3.63) is 11.8 Å². The molecule has 0 fully saturated rings. The fourth-order valence-corrected chi connectivity index (χ4v) is 2.54. The van der Waals surface area contributed by atoms with E-state index in [4.69, 9.17) is 5.73 Å². The lowest BCUT2D eigenvalue weighted by molar-refractivity contribution is 0.597. The highest BCUT2D eigenvalue weighted by molar-refractivity contribution is 7.92. The Morgan fingerprint density at radius 3 is 2.81 bits per heavy atom. The third kappa shape index (κ3) is 3.49. The van der Waals surface area contributed by atoms with E-state index in [1.165, 1.54) is 0 Å². The topological polar surface area (TPSA) is 90.0 Å². The number of anilines is 1. The van der Waals surface area contributed by atoms with E-state index in [1.54, 1.807) is 17.9 Å². The van der Waals surface area contributed by atoms with Crippen LogP contribution in [-0.2, 0) is 23.6 Å². The molecule has 0 aromatic carbocycles.